The Labute approximate surface area is 219 Å². The van der Waals surface area contributed by atoms with Crippen molar-refractivity contribution in [3.05, 3.63) is 84.5 Å². The highest BCUT2D eigenvalue weighted by atomic mass is 15.1. The Morgan fingerprint density at radius 1 is 1.00 bits per heavy atom. The van der Waals surface area contributed by atoms with Gasteiger partial charge in [-0.05, 0) is 47.7 Å². The molecule has 0 radical (unpaired) electrons. The summed E-state index contributed by atoms with van der Waals surface area (Å²) in [5.41, 5.74) is 22.9. The number of guanidine groups is 2. The number of nitrogens with zero attached hydrogens (tertiary/aromatic N) is 4. The molecule has 0 aliphatic carbocycles. The normalized spacial score (nSPS) is 11.5. The lowest BCUT2D eigenvalue weighted by Gasteiger charge is -2.10. The van der Waals surface area contributed by atoms with Gasteiger partial charge in [-0.25, -0.2) is 4.67 Å². The fraction of sp³-hybridized carbons (Fsp3) is 0.276. The van der Waals surface area contributed by atoms with Crippen molar-refractivity contribution in [1.29, 1.82) is 0 Å². The first-order valence-corrected chi connectivity index (χ1v) is 12.6. The average molecular weight is 498 g/mol. The summed E-state index contributed by atoms with van der Waals surface area (Å²) >= 11 is 0. The van der Waals surface area contributed by atoms with Crippen LogP contribution in [0.4, 0.5) is 0 Å². The molecule has 1 atom stereocenters. The molecule has 3 aromatic rings. The van der Waals surface area contributed by atoms with E-state index in [2.05, 4.69) is 87.3 Å². The van der Waals surface area contributed by atoms with Crippen molar-refractivity contribution in [3.8, 4) is 22.3 Å². The first kappa shape index (κ1) is 27.2. The number of benzene rings is 1. The number of hydrogen-bond donors (Lipinski definition) is 4. The summed E-state index contributed by atoms with van der Waals surface area (Å²) in [6.45, 7) is 5.69. The zero-order valence-corrected chi connectivity index (χ0v) is 21.6. The number of allylic oxidation sites excluding steroid dienone is 1. The van der Waals surface area contributed by atoms with E-state index in [1.807, 2.05) is 18.6 Å². The maximum Gasteiger partial charge on any atom is 0.436 e. The predicted octanol–water partition coefficient (Wildman–Crippen LogP) is 3.32. The van der Waals surface area contributed by atoms with E-state index < -0.39 is 0 Å². The van der Waals surface area contributed by atoms with Gasteiger partial charge in [-0.15, -0.1) is 0 Å². The molecular weight excluding hydrogens is 460 g/mol. The highest BCUT2D eigenvalue weighted by Crippen LogP contribution is 2.28. The maximum absolute atomic E-state index is 5.94. The fourth-order valence-electron chi connectivity index (χ4n) is 3.69. The molecule has 2 heterocycles. The Balaban J connectivity index is 1.76. The van der Waals surface area contributed by atoms with E-state index in [4.69, 9.17) is 17.2 Å². The van der Waals surface area contributed by atoms with Crippen LogP contribution >= 0.6 is 0 Å². The van der Waals surface area contributed by atoms with Gasteiger partial charge in [0.2, 0.25) is 0 Å². The number of hydrogen-bond acceptors (Lipinski definition) is 3. The Hall–Kier alpha value is -4.42. The third kappa shape index (κ3) is 8.94. The molecule has 1 aromatic carbocycles. The minimum absolute atomic E-state index is 0.120. The minimum atomic E-state index is 0.120. The van der Waals surface area contributed by atoms with Crippen molar-refractivity contribution in [2.45, 2.75) is 39.0 Å². The molecule has 0 amide bonds. The van der Waals surface area contributed by atoms with E-state index in [-0.39, 0.29) is 11.9 Å². The van der Waals surface area contributed by atoms with Crippen LogP contribution in [0.25, 0.3) is 22.3 Å². The van der Waals surface area contributed by atoms with E-state index in [9.17, 15) is 0 Å². The molecule has 0 aliphatic rings. The molecule has 7 N–H and O–H groups in total. The summed E-state index contributed by atoms with van der Waals surface area (Å²) in [6, 6.07) is 12.6. The first-order chi connectivity index (χ1) is 18.0. The lowest BCUT2D eigenvalue weighted by atomic mass is 9.96. The number of aliphatic imine (C=N–C) groups is 1. The van der Waals surface area contributed by atoms with Crippen molar-refractivity contribution in [2.24, 2.45) is 22.2 Å². The van der Waals surface area contributed by atoms with Gasteiger partial charge in [0.05, 0.1) is 6.54 Å². The standard InChI is InChI=1S/C29H36N8/c1-3-4-11-36-29(32)37-17-22-13-26(19-33-16-22)23-9-7-10-24(14-23)27-15-25(18-34-20-27)21(2)8-5-6-12-35-28(30)31/h5,7-10,13-21H,3-4,6,11-12H2,1-2H3,(H6,30,31,32,35,36)/p+1/b8-5+. The van der Waals surface area contributed by atoms with Gasteiger partial charge in [0.25, 0.3) is 0 Å². The molecule has 3 rings (SSSR count). The van der Waals surface area contributed by atoms with Gasteiger partial charge >= 0.3 is 5.96 Å². The third-order valence-corrected chi connectivity index (χ3v) is 5.78. The number of nitrogens with two attached hydrogens (primary N) is 3. The molecule has 8 nitrogen and oxygen atoms in total. The molecule has 0 bridgehead atoms. The van der Waals surface area contributed by atoms with Crippen molar-refractivity contribution < 1.29 is 0 Å². The van der Waals surface area contributed by atoms with Crippen LogP contribution in [0.2, 0.25) is 0 Å². The molecule has 8 heteroatoms. The van der Waals surface area contributed by atoms with Gasteiger partial charge in [0.1, 0.15) is 0 Å². The van der Waals surface area contributed by atoms with Gasteiger partial charge < -0.3 is 11.5 Å². The number of unbranched alkanes of at least 4 members (excludes halogenated alkanes) is 1. The lowest BCUT2D eigenvalue weighted by molar-refractivity contribution is 0.751. The zero-order valence-electron chi connectivity index (χ0n) is 21.6. The van der Waals surface area contributed by atoms with Crippen LogP contribution < -0.4 is 27.2 Å². The predicted molar refractivity (Wildman–Crippen MR) is 155 cm³/mol. The van der Waals surface area contributed by atoms with Crippen LogP contribution in [0.1, 0.15) is 50.2 Å². The largest absolute Gasteiger partial charge is 0.436 e. The Kier molecular flexibility index (Phi) is 10.4. The Bertz CT molecular complexity index is 1280. The second-order valence-electron chi connectivity index (χ2n) is 8.83. The molecule has 0 aliphatic heterocycles. The summed E-state index contributed by atoms with van der Waals surface area (Å²) in [5.74, 6) is 0.747. The van der Waals surface area contributed by atoms with Crippen molar-refractivity contribution in [2.75, 3.05) is 13.1 Å². The van der Waals surface area contributed by atoms with Crippen LogP contribution in [-0.2, 0) is 0 Å². The molecule has 0 fully saturated rings. The fourth-order valence-corrected chi connectivity index (χ4v) is 3.69. The number of aromatic nitrogens is 2. The second kappa shape index (κ2) is 14.2. The Morgan fingerprint density at radius 3 is 2.46 bits per heavy atom. The van der Waals surface area contributed by atoms with Gasteiger partial charge in [0.15, 0.2) is 12.2 Å². The molecular formula is C29H37N8+. The van der Waals surface area contributed by atoms with Gasteiger partial charge in [-0.1, -0.05) is 50.6 Å². The lowest BCUT2D eigenvalue weighted by Crippen LogP contribution is -2.34. The Morgan fingerprint density at radius 2 is 1.73 bits per heavy atom. The van der Waals surface area contributed by atoms with Crippen LogP contribution in [0, 0.1) is 0 Å². The van der Waals surface area contributed by atoms with Gasteiger partial charge in [0, 0.05) is 53.9 Å². The SMILES string of the molecule is CCCCNC(N)=[N+]=Cc1cncc(-c2cccc(-c3cncc(C(C)/C=C/CCN=C(N)N)c3)c2)c1. The first-order valence-electron chi connectivity index (χ1n) is 12.6. The van der Waals surface area contributed by atoms with Crippen molar-refractivity contribution in [3.63, 3.8) is 0 Å². The highest BCUT2D eigenvalue weighted by Gasteiger charge is 2.07. The molecule has 192 valence electrons. The van der Waals surface area contributed by atoms with Crippen LogP contribution in [0.5, 0.6) is 0 Å². The molecule has 2 aromatic heterocycles. The summed E-state index contributed by atoms with van der Waals surface area (Å²) in [6.07, 6.45) is 16.4. The average Bonchev–Trinajstić information content (AvgIpc) is 2.92. The molecule has 0 saturated carbocycles. The van der Waals surface area contributed by atoms with E-state index in [1.165, 1.54) is 0 Å². The van der Waals surface area contributed by atoms with E-state index in [0.29, 0.717) is 12.5 Å². The maximum atomic E-state index is 5.94. The zero-order chi connectivity index (χ0) is 26.5. The molecule has 37 heavy (non-hydrogen) atoms. The summed E-state index contributed by atoms with van der Waals surface area (Å²) < 4.78 is 4.32. The van der Waals surface area contributed by atoms with E-state index in [0.717, 1.165) is 59.2 Å². The molecule has 1 unspecified atom stereocenters. The van der Waals surface area contributed by atoms with E-state index in [1.54, 1.807) is 12.4 Å². The molecule has 0 saturated heterocycles. The smallest absolute Gasteiger partial charge is 0.370 e. The summed E-state index contributed by atoms with van der Waals surface area (Å²) in [7, 11) is 0. The summed E-state index contributed by atoms with van der Waals surface area (Å²) in [5, 5.41) is 3.11. The second-order valence-corrected chi connectivity index (χ2v) is 8.83. The number of nitrogens with one attached hydrogen (secondary N) is 1. The monoisotopic (exact) mass is 497 g/mol. The minimum Gasteiger partial charge on any atom is -0.370 e. The van der Waals surface area contributed by atoms with E-state index >= 15 is 0 Å². The molecule has 0 spiro atoms. The number of rotatable bonds is 11. The van der Waals surface area contributed by atoms with Crippen LogP contribution in [0.3, 0.4) is 0 Å². The van der Waals surface area contributed by atoms with Gasteiger partial charge in [-0.2, -0.15) is 0 Å². The van der Waals surface area contributed by atoms with Crippen molar-refractivity contribution in [1.82, 2.24) is 20.0 Å². The topological polar surface area (TPSA) is 142 Å². The quantitative estimate of drug-likeness (QED) is 0.105. The third-order valence-electron chi connectivity index (χ3n) is 5.78. The highest BCUT2D eigenvalue weighted by molar-refractivity contribution is 5.87. The van der Waals surface area contributed by atoms with Crippen LogP contribution in [0.15, 0.2) is 78.3 Å². The number of pyridine rings is 2. The van der Waals surface area contributed by atoms with Crippen LogP contribution in [-0.4, -0.2) is 41.2 Å². The summed E-state index contributed by atoms with van der Waals surface area (Å²) in [4.78, 5) is 12.9. The van der Waals surface area contributed by atoms with Gasteiger partial charge in [-0.3, -0.25) is 26.0 Å². The van der Waals surface area contributed by atoms with Crippen molar-refractivity contribution >= 4 is 18.1 Å².